The topological polar surface area (TPSA) is 79.5 Å². The predicted molar refractivity (Wildman–Crippen MR) is 107 cm³/mol. The zero-order valence-electron chi connectivity index (χ0n) is 16.0. The number of rotatable bonds is 6. The molecular weight excluding hydrogens is 354 g/mol. The van der Waals surface area contributed by atoms with Gasteiger partial charge in [0.15, 0.2) is 0 Å². The first-order chi connectivity index (χ1) is 13.5. The van der Waals surface area contributed by atoms with Crippen LogP contribution in [0, 0.1) is 11.3 Å². The maximum Gasteiger partial charge on any atom is 0.310 e. The molecule has 0 aliphatic rings. The molecule has 28 heavy (non-hydrogen) atoms. The number of fused-ring (bicyclic) bond motifs is 1. The SMILES string of the molecule is COCc1c(-c2ccccc2OC)c(C#N)c(C(C)C(=O)O)c2ccccc12. The molecule has 0 heterocycles. The normalized spacial score (nSPS) is 11.8. The number of para-hydroxylation sites is 1. The molecule has 0 bridgehead atoms. The number of methoxy groups -OCH3 is 2. The monoisotopic (exact) mass is 375 g/mol. The quantitative estimate of drug-likeness (QED) is 0.674. The maximum absolute atomic E-state index is 11.8. The number of carboxylic acid groups (broad SMARTS) is 1. The van der Waals surface area contributed by atoms with Crippen molar-refractivity contribution < 1.29 is 19.4 Å². The van der Waals surface area contributed by atoms with Crippen LogP contribution in [0.25, 0.3) is 21.9 Å². The summed E-state index contributed by atoms with van der Waals surface area (Å²) in [5, 5.41) is 21.4. The molecule has 3 aromatic rings. The van der Waals surface area contributed by atoms with Crippen LogP contribution in [0.1, 0.15) is 29.5 Å². The fraction of sp³-hybridized carbons (Fsp3) is 0.217. The number of hydrogen-bond donors (Lipinski definition) is 1. The fourth-order valence-electron chi connectivity index (χ4n) is 3.67. The minimum absolute atomic E-state index is 0.282. The van der Waals surface area contributed by atoms with Crippen LogP contribution in [0.4, 0.5) is 0 Å². The average Bonchev–Trinajstić information content (AvgIpc) is 2.72. The molecule has 5 nitrogen and oxygen atoms in total. The van der Waals surface area contributed by atoms with Crippen molar-refractivity contribution >= 4 is 16.7 Å². The van der Waals surface area contributed by atoms with Gasteiger partial charge < -0.3 is 14.6 Å². The Kier molecular flexibility index (Phi) is 5.62. The lowest BCUT2D eigenvalue weighted by atomic mass is 9.82. The third kappa shape index (κ3) is 3.19. The Balaban J connectivity index is 2.57. The Labute approximate surface area is 163 Å². The molecule has 0 spiro atoms. The number of benzene rings is 3. The van der Waals surface area contributed by atoms with E-state index in [2.05, 4.69) is 6.07 Å². The van der Waals surface area contributed by atoms with E-state index in [1.165, 1.54) is 0 Å². The van der Waals surface area contributed by atoms with Gasteiger partial charge in [-0.05, 0) is 34.9 Å². The van der Waals surface area contributed by atoms with Crippen LogP contribution >= 0.6 is 0 Å². The molecule has 1 atom stereocenters. The number of carboxylic acids is 1. The molecule has 0 amide bonds. The Morgan fingerprint density at radius 2 is 1.75 bits per heavy atom. The van der Waals surface area contributed by atoms with Crippen LogP contribution in [0.2, 0.25) is 0 Å². The molecule has 0 radical (unpaired) electrons. The summed E-state index contributed by atoms with van der Waals surface area (Å²) < 4.78 is 11.0. The van der Waals surface area contributed by atoms with Gasteiger partial charge in [-0.3, -0.25) is 4.79 Å². The van der Waals surface area contributed by atoms with E-state index in [0.717, 1.165) is 21.9 Å². The molecule has 0 saturated carbocycles. The lowest BCUT2D eigenvalue weighted by Gasteiger charge is -2.22. The van der Waals surface area contributed by atoms with Gasteiger partial charge >= 0.3 is 5.97 Å². The average molecular weight is 375 g/mol. The van der Waals surface area contributed by atoms with Gasteiger partial charge in [0.05, 0.1) is 25.2 Å². The van der Waals surface area contributed by atoms with Crippen molar-refractivity contribution in [2.45, 2.75) is 19.4 Å². The lowest BCUT2D eigenvalue weighted by Crippen LogP contribution is -2.12. The summed E-state index contributed by atoms with van der Waals surface area (Å²) in [6.45, 7) is 1.89. The third-order valence-electron chi connectivity index (χ3n) is 4.94. The molecule has 0 aromatic heterocycles. The first-order valence-electron chi connectivity index (χ1n) is 8.87. The number of hydrogen-bond acceptors (Lipinski definition) is 4. The molecule has 1 unspecified atom stereocenters. The minimum atomic E-state index is -0.980. The molecule has 0 aliphatic carbocycles. The first kappa shape index (κ1) is 19.4. The fourth-order valence-corrected chi connectivity index (χ4v) is 3.67. The standard InChI is InChI=1S/C23H21NO4/c1-14(23(25)26)21-16-9-5-4-8-15(16)19(13-27-2)22(18(21)12-24)17-10-6-7-11-20(17)28-3/h4-11,14H,13H2,1-3H3,(H,25,26). The Morgan fingerprint density at radius 1 is 1.11 bits per heavy atom. The van der Waals surface area contributed by atoms with E-state index in [1.54, 1.807) is 21.1 Å². The van der Waals surface area contributed by atoms with E-state index in [4.69, 9.17) is 9.47 Å². The van der Waals surface area contributed by atoms with Crippen LogP contribution in [0.15, 0.2) is 48.5 Å². The molecule has 142 valence electrons. The second-order valence-electron chi connectivity index (χ2n) is 6.49. The number of carbonyl (C=O) groups is 1. The maximum atomic E-state index is 11.8. The van der Waals surface area contributed by atoms with Crippen LogP contribution in [0.5, 0.6) is 5.75 Å². The van der Waals surface area contributed by atoms with Crippen molar-refractivity contribution in [1.29, 1.82) is 5.26 Å². The van der Waals surface area contributed by atoms with Gasteiger partial charge in [0.25, 0.3) is 0 Å². The summed E-state index contributed by atoms with van der Waals surface area (Å²) in [6, 6.07) is 17.2. The summed E-state index contributed by atoms with van der Waals surface area (Å²) in [5.41, 5.74) is 3.07. The molecule has 3 rings (SSSR count). The van der Waals surface area contributed by atoms with E-state index in [-0.39, 0.29) is 6.61 Å². The smallest absolute Gasteiger partial charge is 0.310 e. The second-order valence-corrected chi connectivity index (χ2v) is 6.49. The number of aliphatic carboxylic acids is 1. The Bertz CT molecular complexity index is 1080. The van der Waals surface area contributed by atoms with Crippen molar-refractivity contribution in [3.63, 3.8) is 0 Å². The summed E-state index contributed by atoms with van der Waals surface area (Å²) in [4.78, 5) is 11.8. The Morgan fingerprint density at radius 3 is 2.36 bits per heavy atom. The highest BCUT2D eigenvalue weighted by atomic mass is 16.5. The summed E-state index contributed by atoms with van der Waals surface area (Å²) in [7, 11) is 3.17. The van der Waals surface area contributed by atoms with Crippen LogP contribution < -0.4 is 4.74 Å². The van der Waals surface area contributed by atoms with E-state index in [9.17, 15) is 15.2 Å². The summed E-state index contributed by atoms with van der Waals surface area (Å²) >= 11 is 0. The predicted octanol–water partition coefficient (Wildman–Crippen LogP) is 4.72. The zero-order valence-corrected chi connectivity index (χ0v) is 16.0. The van der Waals surface area contributed by atoms with Gasteiger partial charge in [-0.2, -0.15) is 5.26 Å². The molecule has 0 aliphatic heterocycles. The van der Waals surface area contributed by atoms with E-state index >= 15 is 0 Å². The van der Waals surface area contributed by atoms with Gasteiger partial charge in [-0.1, -0.05) is 42.5 Å². The van der Waals surface area contributed by atoms with Gasteiger partial charge in [-0.15, -0.1) is 0 Å². The number of nitrogens with zero attached hydrogens (tertiary/aromatic N) is 1. The van der Waals surface area contributed by atoms with Crippen molar-refractivity contribution in [2.24, 2.45) is 0 Å². The minimum Gasteiger partial charge on any atom is -0.496 e. The highest BCUT2D eigenvalue weighted by Gasteiger charge is 2.27. The third-order valence-corrected chi connectivity index (χ3v) is 4.94. The summed E-state index contributed by atoms with van der Waals surface area (Å²) in [5.74, 6) is -1.21. The van der Waals surface area contributed by atoms with Crippen molar-refractivity contribution in [3.05, 3.63) is 65.2 Å². The van der Waals surface area contributed by atoms with E-state index in [0.29, 0.717) is 22.4 Å². The van der Waals surface area contributed by atoms with Gasteiger partial charge in [-0.25, -0.2) is 0 Å². The number of nitriles is 1. The molecule has 0 fully saturated rings. The molecule has 0 saturated heterocycles. The summed E-state index contributed by atoms with van der Waals surface area (Å²) in [6.07, 6.45) is 0. The zero-order chi connectivity index (χ0) is 20.3. The molecular formula is C23H21NO4. The highest BCUT2D eigenvalue weighted by Crippen LogP contribution is 2.43. The molecule has 5 heteroatoms. The lowest BCUT2D eigenvalue weighted by molar-refractivity contribution is -0.138. The largest absolute Gasteiger partial charge is 0.496 e. The molecule has 3 aromatic carbocycles. The van der Waals surface area contributed by atoms with Gasteiger partial charge in [0, 0.05) is 18.2 Å². The van der Waals surface area contributed by atoms with E-state index in [1.807, 2.05) is 48.5 Å². The first-order valence-corrected chi connectivity index (χ1v) is 8.87. The highest BCUT2D eigenvalue weighted by molar-refractivity contribution is 6.01. The van der Waals surface area contributed by atoms with Crippen LogP contribution in [0.3, 0.4) is 0 Å². The van der Waals surface area contributed by atoms with E-state index < -0.39 is 11.9 Å². The molecule has 1 N–H and O–H groups in total. The van der Waals surface area contributed by atoms with Gasteiger partial charge in [0.2, 0.25) is 0 Å². The second kappa shape index (κ2) is 8.12. The van der Waals surface area contributed by atoms with Crippen molar-refractivity contribution in [1.82, 2.24) is 0 Å². The Hall–Kier alpha value is -3.36. The van der Waals surface area contributed by atoms with Crippen molar-refractivity contribution in [3.8, 4) is 22.9 Å². The van der Waals surface area contributed by atoms with Crippen molar-refractivity contribution in [2.75, 3.05) is 14.2 Å². The number of ether oxygens (including phenoxy) is 2. The van der Waals surface area contributed by atoms with Crippen LogP contribution in [-0.2, 0) is 16.1 Å². The van der Waals surface area contributed by atoms with Gasteiger partial charge in [0.1, 0.15) is 11.8 Å². The van der Waals surface area contributed by atoms with Crippen LogP contribution in [-0.4, -0.2) is 25.3 Å².